The predicted octanol–water partition coefficient (Wildman–Crippen LogP) is 0.156. The lowest BCUT2D eigenvalue weighted by Gasteiger charge is -2.15. The molecule has 0 spiro atoms. The van der Waals surface area contributed by atoms with Crippen LogP contribution < -0.4 is 0 Å². The third-order valence-corrected chi connectivity index (χ3v) is 1.85. The van der Waals surface area contributed by atoms with Gasteiger partial charge in [0.05, 0.1) is 12.2 Å². The Hall–Kier alpha value is -1.13. The van der Waals surface area contributed by atoms with Crippen LogP contribution in [0.5, 0.6) is 0 Å². The number of esters is 1. The van der Waals surface area contributed by atoms with Crippen LogP contribution in [0.4, 0.5) is 0 Å². The number of hydrogen-bond acceptors (Lipinski definition) is 4. The fourth-order valence-corrected chi connectivity index (χ4v) is 1.19. The zero-order valence-corrected chi connectivity index (χ0v) is 7.96. The third kappa shape index (κ3) is 3.72. The molecule has 78 valence electrons. The van der Waals surface area contributed by atoms with Crippen molar-refractivity contribution in [3.63, 3.8) is 0 Å². The topological polar surface area (TPSA) is 66.8 Å². The number of rotatable bonds is 0. The number of ether oxygens (including phenoxy) is 1. The zero-order valence-electron chi connectivity index (χ0n) is 7.96. The van der Waals surface area contributed by atoms with Crippen molar-refractivity contribution in [3.05, 3.63) is 24.3 Å². The fourth-order valence-electron chi connectivity index (χ4n) is 1.19. The second kappa shape index (κ2) is 4.93. The van der Waals surface area contributed by atoms with Crippen molar-refractivity contribution in [1.29, 1.82) is 0 Å². The highest BCUT2D eigenvalue weighted by molar-refractivity contribution is 5.82. The quantitative estimate of drug-likeness (QED) is 0.429. The largest absolute Gasteiger partial charge is 0.459 e. The average Bonchev–Trinajstić information content (AvgIpc) is 2.10. The van der Waals surface area contributed by atoms with E-state index in [4.69, 9.17) is 4.74 Å². The standard InChI is InChI=1S/C10H14O4/c1-7-6-9(12)3-2-8(11)4-5-10(13)14-7/h2-5,7-9,11-12H,6H2,1H3/b3-2-,5-4-/t7-,8+,9-/m1/s1. The summed E-state index contributed by atoms with van der Waals surface area (Å²) >= 11 is 0. The van der Waals surface area contributed by atoms with Gasteiger partial charge in [-0.15, -0.1) is 0 Å². The Morgan fingerprint density at radius 2 is 2.07 bits per heavy atom. The molecule has 0 aromatic rings. The maximum atomic E-state index is 11.0. The monoisotopic (exact) mass is 198 g/mol. The molecule has 0 radical (unpaired) electrons. The maximum absolute atomic E-state index is 11.0. The number of aliphatic hydroxyl groups is 2. The van der Waals surface area contributed by atoms with Gasteiger partial charge in [-0.2, -0.15) is 0 Å². The Bertz CT molecular complexity index is 257. The number of carbonyl (C=O) groups is 1. The Morgan fingerprint density at radius 1 is 1.36 bits per heavy atom. The summed E-state index contributed by atoms with van der Waals surface area (Å²) < 4.78 is 4.91. The summed E-state index contributed by atoms with van der Waals surface area (Å²) in [5, 5.41) is 18.6. The Labute approximate surface area is 82.5 Å². The van der Waals surface area contributed by atoms with Crippen molar-refractivity contribution < 1.29 is 19.7 Å². The summed E-state index contributed by atoms with van der Waals surface area (Å²) in [5.41, 5.74) is 0. The minimum atomic E-state index is -0.856. The third-order valence-electron chi connectivity index (χ3n) is 1.85. The number of cyclic esters (lactones) is 1. The minimum absolute atomic E-state index is 0.331. The molecule has 3 atom stereocenters. The van der Waals surface area contributed by atoms with E-state index >= 15 is 0 Å². The number of carbonyl (C=O) groups excluding carboxylic acids is 1. The van der Waals surface area contributed by atoms with Gasteiger partial charge in [0.1, 0.15) is 6.10 Å². The summed E-state index contributed by atoms with van der Waals surface area (Å²) in [6.45, 7) is 1.71. The summed E-state index contributed by atoms with van der Waals surface area (Å²) in [6.07, 6.45) is 3.87. The first-order valence-electron chi connectivity index (χ1n) is 4.51. The van der Waals surface area contributed by atoms with E-state index in [9.17, 15) is 15.0 Å². The van der Waals surface area contributed by atoms with Crippen LogP contribution in [0.2, 0.25) is 0 Å². The molecule has 2 N–H and O–H groups in total. The van der Waals surface area contributed by atoms with Crippen LogP contribution in [-0.4, -0.2) is 34.5 Å². The minimum Gasteiger partial charge on any atom is -0.459 e. The van der Waals surface area contributed by atoms with Crippen molar-refractivity contribution in [3.8, 4) is 0 Å². The van der Waals surface area contributed by atoms with Crippen LogP contribution in [0.3, 0.4) is 0 Å². The predicted molar refractivity (Wildman–Crippen MR) is 50.5 cm³/mol. The van der Waals surface area contributed by atoms with E-state index in [1.54, 1.807) is 6.92 Å². The van der Waals surface area contributed by atoms with Gasteiger partial charge in [-0.25, -0.2) is 4.79 Å². The molecule has 0 saturated heterocycles. The highest BCUT2D eigenvalue weighted by Gasteiger charge is 2.12. The zero-order chi connectivity index (χ0) is 10.6. The second-order valence-corrected chi connectivity index (χ2v) is 3.29. The van der Waals surface area contributed by atoms with E-state index < -0.39 is 18.2 Å². The first-order chi connectivity index (χ1) is 6.58. The van der Waals surface area contributed by atoms with Crippen molar-refractivity contribution in [2.24, 2.45) is 0 Å². The van der Waals surface area contributed by atoms with Gasteiger partial charge in [-0.3, -0.25) is 0 Å². The van der Waals surface area contributed by atoms with Gasteiger partial charge in [0.15, 0.2) is 0 Å². The van der Waals surface area contributed by atoms with Crippen molar-refractivity contribution in [2.45, 2.75) is 31.7 Å². The Balaban J connectivity index is 2.72. The van der Waals surface area contributed by atoms with E-state index in [0.29, 0.717) is 6.42 Å². The van der Waals surface area contributed by atoms with E-state index in [1.165, 1.54) is 24.3 Å². The van der Waals surface area contributed by atoms with Gasteiger partial charge in [0.25, 0.3) is 0 Å². The fraction of sp³-hybridized carbons (Fsp3) is 0.500. The van der Waals surface area contributed by atoms with E-state index in [-0.39, 0.29) is 6.10 Å². The molecule has 0 fully saturated rings. The summed E-state index contributed by atoms with van der Waals surface area (Å²) in [7, 11) is 0. The Kier molecular flexibility index (Phi) is 3.85. The Morgan fingerprint density at radius 3 is 2.79 bits per heavy atom. The molecule has 0 aliphatic carbocycles. The molecule has 0 bridgehead atoms. The van der Waals surface area contributed by atoms with Gasteiger partial charge in [-0.1, -0.05) is 12.2 Å². The molecule has 0 saturated carbocycles. The van der Waals surface area contributed by atoms with Crippen molar-refractivity contribution >= 4 is 5.97 Å². The lowest BCUT2D eigenvalue weighted by atomic mass is 10.1. The molecule has 4 nitrogen and oxygen atoms in total. The number of aliphatic hydroxyl groups excluding tert-OH is 2. The summed E-state index contributed by atoms with van der Waals surface area (Å²) in [4.78, 5) is 11.0. The normalized spacial score (nSPS) is 38.5. The molecular weight excluding hydrogens is 184 g/mol. The smallest absolute Gasteiger partial charge is 0.330 e. The molecule has 0 unspecified atom stereocenters. The van der Waals surface area contributed by atoms with Crippen LogP contribution in [0.15, 0.2) is 24.3 Å². The highest BCUT2D eigenvalue weighted by atomic mass is 16.5. The second-order valence-electron chi connectivity index (χ2n) is 3.29. The molecule has 1 aliphatic rings. The van der Waals surface area contributed by atoms with E-state index in [0.717, 1.165) is 0 Å². The van der Waals surface area contributed by atoms with Crippen molar-refractivity contribution in [2.75, 3.05) is 0 Å². The summed E-state index contributed by atoms with van der Waals surface area (Å²) in [5.74, 6) is -0.501. The first-order valence-corrected chi connectivity index (χ1v) is 4.51. The van der Waals surface area contributed by atoms with Gasteiger partial charge < -0.3 is 14.9 Å². The van der Waals surface area contributed by atoms with Crippen molar-refractivity contribution in [1.82, 2.24) is 0 Å². The van der Waals surface area contributed by atoms with Gasteiger partial charge in [0.2, 0.25) is 0 Å². The number of hydrogen-bond donors (Lipinski definition) is 2. The van der Waals surface area contributed by atoms with Gasteiger partial charge in [0, 0.05) is 12.5 Å². The lowest BCUT2D eigenvalue weighted by molar-refractivity contribution is -0.143. The van der Waals surface area contributed by atoms with Gasteiger partial charge in [-0.05, 0) is 13.0 Å². The summed E-state index contributed by atoms with van der Waals surface area (Å²) in [6, 6.07) is 0. The average molecular weight is 198 g/mol. The van der Waals surface area contributed by atoms with Crippen LogP contribution in [0, 0.1) is 0 Å². The molecule has 1 rings (SSSR count). The molecular formula is C10H14O4. The van der Waals surface area contributed by atoms with Crippen LogP contribution in [0.25, 0.3) is 0 Å². The maximum Gasteiger partial charge on any atom is 0.330 e. The van der Waals surface area contributed by atoms with E-state index in [2.05, 4.69) is 0 Å². The molecule has 14 heavy (non-hydrogen) atoms. The lowest BCUT2D eigenvalue weighted by Crippen LogP contribution is -2.20. The molecule has 0 aromatic carbocycles. The molecule has 4 heteroatoms. The first kappa shape index (κ1) is 10.9. The highest BCUT2D eigenvalue weighted by Crippen LogP contribution is 2.07. The molecule has 0 amide bonds. The van der Waals surface area contributed by atoms with Gasteiger partial charge >= 0.3 is 5.97 Å². The molecule has 1 aliphatic heterocycles. The molecule has 0 aromatic heterocycles. The molecule has 1 heterocycles. The van der Waals surface area contributed by atoms with E-state index in [1.807, 2.05) is 0 Å². The van der Waals surface area contributed by atoms with Crippen LogP contribution in [-0.2, 0) is 9.53 Å². The van der Waals surface area contributed by atoms with Crippen LogP contribution >= 0.6 is 0 Å². The van der Waals surface area contributed by atoms with Crippen LogP contribution in [0.1, 0.15) is 13.3 Å². The SMILES string of the molecule is C[C@@H]1C[C@H](O)/C=C\[C@H](O)/C=C\C(=O)O1.